The lowest BCUT2D eigenvalue weighted by Gasteiger charge is -2.19. The molecule has 1 saturated heterocycles. The van der Waals surface area contributed by atoms with Crippen molar-refractivity contribution in [1.82, 2.24) is 0 Å². The summed E-state index contributed by atoms with van der Waals surface area (Å²) < 4.78 is 5.76. The summed E-state index contributed by atoms with van der Waals surface area (Å²) in [5, 5.41) is 2.92. The predicted molar refractivity (Wildman–Crippen MR) is 114 cm³/mol. The molecule has 1 N–H and O–H groups in total. The lowest BCUT2D eigenvalue weighted by atomic mass is 10.1. The maximum Gasteiger partial charge on any atom is 0.255 e. The topological polar surface area (TPSA) is 58.6 Å². The number of nitrogens with one attached hydrogen (secondary N) is 1. The third-order valence-electron chi connectivity index (χ3n) is 4.93. The largest absolute Gasteiger partial charge is 0.457 e. The summed E-state index contributed by atoms with van der Waals surface area (Å²) in [5.41, 5.74) is 3.07. The molecule has 5 nitrogen and oxygen atoms in total. The molecule has 4 rings (SSSR count). The molecule has 1 heterocycles. The van der Waals surface area contributed by atoms with Crippen LogP contribution >= 0.6 is 0 Å². The van der Waals surface area contributed by atoms with Crippen LogP contribution in [0.4, 0.5) is 11.4 Å². The van der Waals surface area contributed by atoms with Crippen LogP contribution < -0.4 is 15.0 Å². The number of nitrogens with zero attached hydrogens (tertiary/aromatic N) is 1. The molecule has 1 aliphatic heterocycles. The first-order valence-corrected chi connectivity index (χ1v) is 9.65. The second-order valence-electron chi connectivity index (χ2n) is 7.04. The van der Waals surface area contributed by atoms with Crippen LogP contribution in [0.1, 0.15) is 28.8 Å². The number of hydrogen-bond donors (Lipinski definition) is 1. The minimum Gasteiger partial charge on any atom is -0.457 e. The maximum absolute atomic E-state index is 12.6. The average molecular weight is 386 g/mol. The number of ether oxygens (including phenoxy) is 1. The van der Waals surface area contributed by atoms with E-state index in [9.17, 15) is 9.59 Å². The Morgan fingerprint density at radius 3 is 2.38 bits per heavy atom. The van der Waals surface area contributed by atoms with Gasteiger partial charge in [-0.15, -0.1) is 0 Å². The highest BCUT2D eigenvalue weighted by Crippen LogP contribution is 2.28. The van der Waals surface area contributed by atoms with Crippen molar-refractivity contribution in [3.63, 3.8) is 0 Å². The molecule has 2 amide bonds. The van der Waals surface area contributed by atoms with Gasteiger partial charge in [0.2, 0.25) is 5.91 Å². The van der Waals surface area contributed by atoms with E-state index in [2.05, 4.69) is 5.32 Å². The van der Waals surface area contributed by atoms with E-state index in [-0.39, 0.29) is 11.8 Å². The maximum atomic E-state index is 12.6. The molecule has 29 heavy (non-hydrogen) atoms. The summed E-state index contributed by atoms with van der Waals surface area (Å²) in [7, 11) is 0. The first kappa shape index (κ1) is 18.7. The molecule has 0 aromatic heterocycles. The number of aryl methyl sites for hydroxylation is 1. The number of rotatable bonds is 5. The first-order chi connectivity index (χ1) is 14.1. The normalized spacial score (nSPS) is 13.4. The van der Waals surface area contributed by atoms with Crippen LogP contribution in [0.15, 0.2) is 72.8 Å². The fraction of sp³-hybridized carbons (Fsp3) is 0.167. The van der Waals surface area contributed by atoms with Gasteiger partial charge in [0, 0.05) is 29.9 Å². The third-order valence-corrected chi connectivity index (χ3v) is 4.93. The summed E-state index contributed by atoms with van der Waals surface area (Å²) in [6, 6.07) is 22.1. The Kier molecular flexibility index (Phi) is 5.29. The van der Waals surface area contributed by atoms with Crippen LogP contribution in [-0.2, 0) is 4.79 Å². The zero-order chi connectivity index (χ0) is 20.2. The van der Waals surface area contributed by atoms with Gasteiger partial charge in [0.1, 0.15) is 11.5 Å². The molecule has 0 spiro atoms. The van der Waals surface area contributed by atoms with Crippen LogP contribution in [0.25, 0.3) is 0 Å². The molecule has 0 unspecified atom stereocenters. The van der Waals surface area contributed by atoms with Gasteiger partial charge in [0.05, 0.1) is 0 Å². The number of amides is 2. The molecule has 3 aromatic rings. The van der Waals surface area contributed by atoms with Crippen molar-refractivity contribution in [2.45, 2.75) is 19.8 Å². The molecular formula is C24H22N2O3. The average Bonchev–Trinajstić information content (AvgIpc) is 3.16. The summed E-state index contributed by atoms with van der Waals surface area (Å²) in [5.74, 6) is 1.33. The molecule has 1 fully saturated rings. The standard InChI is InChI=1S/C24H22N2O3/c1-17-9-12-19(16-22(17)26-15-5-8-23(26)27)25-24(28)18-10-13-21(14-11-18)29-20-6-3-2-4-7-20/h2-4,6-7,9-14,16H,5,8,15H2,1H3,(H,25,28). The fourth-order valence-corrected chi connectivity index (χ4v) is 3.38. The molecule has 0 saturated carbocycles. The number of carbonyl (C=O) groups excluding carboxylic acids is 2. The molecule has 5 heteroatoms. The van der Waals surface area contributed by atoms with E-state index in [1.807, 2.05) is 55.5 Å². The van der Waals surface area contributed by atoms with E-state index in [1.54, 1.807) is 29.2 Å². The summed E-state index contributed by atoms with van der Waals surface area (Å²) in [4.78, 5) is 26.5. The minimum absolute atomic E-state index is 0.130. The lowest BCUT2D eigenvalue weighted by molar-refractivity contribution is -0.117. The summed E-state index contributed by atoms with van der Waals surface area (Å²) in [6.45, 7) is 2.69. The third kappa shape index (κ3) is 4.29. The molecule has 1 aliphatic rings. The van der Waals surface area contributed by atoms with Gasteiger partial charge in [0.25, 0.3) is 5.91 Å². The van der Waals surface area contributed by atoms with Gasteiger partial charge in [-0.05, 0) is 67.4 Å². The number of benzene rings is 3. The van der Waals surface area contributed by atoms with Crippen molar-refractivity contribution >= 4 is 23.2 Å². The monoisotopic (exact) mass is 386 g/mol. The van der Waals surface area contributed by atoms with E-state index >= 15 is 0 Å². The number of carbonyl (C=O) groups is 2. The van der Waals surface area contributed by atoms with Crippen molar-refractivity contribution in [1.29, 1.82) is 0 Å². The van der Waals surface area contributed by atoms with Crippen LogP contribution in [0, 0.1) is 6.92 Å². The van der Waals surface area contributed by atoms with Crippen molar-refractivity contribution in [2.75, 3.05) is 16.8 Å². The van der Waals surface area contributed by atoms with Gasteiger partial charge in [-0.25, -0.2) is 0 Å². The van der Waals surface area contributed by atoms with Crippen molar-refractivity contribution in [3.8, 4) is 11.5 Å². The summed E-state index contributed by atoms with van der Waals surface area (Å²) in [6.07, 6.45) is 1.44. The SMILES string of the molecule is Cc1ccc(NC(=O)c2ccc(Oc3ccccc3)cc2)cc1N1CCCC1=O. The van der Waals surface area contributed by atoms with Crippen LogP contribution in [0.3, 0.4) is 0 Å². The highest BCUT2D eigenvalue weighted by Gasteiger charge is 2.23. The van der Waals surface area contributed by atoms with Gasteiger partial charge >= 0.3 is 0 Å². The molecule has 0 aliphatic carbocycles. The second-order valence-corrected chi connectivity index (χ2v) is 7.04. The lowest BCUT2D eigenvalue weighted by Crippen LogP contribution is -2.24. The molecule has 0 atom stereocenters. The van der Waals surface area contributed by atoms with Crippen molar-refractivity contribution in [3.05, 3.63) is 83.9 Å². The molecule has 0 bridgehead atoms. The molecule has 0 radical (unpaired) electrons. The van der Waals surface area contributed by atoms with Gasteiger partial charge in [-0.1, -0.05) is 24.3 Å². The molecule has 146 valence electrons. The Morgan fingerprint density at radius 2 is 1.69 bits per heavy atom. The Bertz CT molecular complexity index is 1030. The smallest absolute Gasteiger partial charge is 0.255 e. The van der Waals surface area contributed by atoms with E-state index in [4.69, 9.17) is 4.74 Å². The van der Waals surface area contributed by atoms with Crippen LogP contribution in [-0.4, -0.2) is 18.4 Å². The van der Waals surface area contributed by atoms with Crippen LogP contribution in [0.2, 0.25) is 0 Å². The Balaban J connectivity index is 1.46. The van der Waals surface area contributed by atoms with Crippen LogP contribution in [0.5, 0.6) is 11.5 Å². The Morgan fingerprint density at radius 1 is 0.966 bits per heavy atom. The first-order valence-electron chi connectivity index (χ1n) is 9.65. The number of hydrogen-bond acceptors (Lipinski definition) is 3. The van der Waals surface area contributed by atoms with Gasteiger partial charge < -0.3 is 15.0 Å². The van der Waals surface area contributed by atoms with Crippen molar-refractivity contribution < 1.29 is 14.3 Å². The zero-order valence-corrected chi connectivity index (χ0v) is 16.2. The highest BCUT2D eigenvalue weighted by atomic mass is 16.5. The fourth-order valence-electron chi connectivity index (χ4n) is 3.38. The van der Waals surface area contributed by atoms with Crippen molar-refractivity contribution in [2.24, 2.45) is 0 Å². The van der Waals surface area contributed by atoms with E-state index in [0.29, 0.717) is 23.4 Å². The Hall–Kier alpha value is -3.60. The van der Waals surface area contributed by atoms with Gasteiger partial charge in [-0.2, -0.15) is 0 Å². The number of para-hydroxylation sites is 1. The second kappa shape index (κ2) is 8.19. The molecule has 3 aromatic carbocycles. The predicted octanol–water partition coefficient (Wildman–Crippen LogP) is 5.17. The van der Waals surface area contributed by atoms with Gasteiger partial charge in [0.15, 0.2) is 0 Å². The van der Waals surface area contributed by atoms with E-state index in [0.717, 1.165) is 30.0 Å². The number of anilines is 2. The van der Waals surface area contributed by atoms with E-state index in [1.165, 1.54) is 0 Å². The quantitative estimate of drug-likeness (QED) is 0.658. The minimum atomic E-state index is -0.209. The Labute approximate surface area is 169 Å². The molecular weight excluding hydrogens is 364 g/mol. The zero-order valence-electron chi connectivity index (χ0n) is 16.2. The highest BCUT2D eigenvalue weighted by molar-refractivity contribution is 6.05. The van der Waals surface area contributed by atoms with E-state index < -0.39 is 0 Å². The van der Waals surface area contributed by atoms with Gasteiger partial charge in [-0.3, -0.25) is 9.59 Å². The summed E-state index contributed by atoms with van der Waals surface area (Å²) >= 11 is 0.